The highest BCUT2D eigenvalue weighted by Gasteiger charge is 2.29. The summed E-state index contributed by atoms with van der Waals surface area (Å²) in [6, 6.07) is 13.2. The van der Waals surface area contributed by atoms with Crippen molar-refractivity contribution in [3.05, 3.63) is 59.4 Å². The van der Waals surface area contributed by atoms with Gasteiger partial charge in [-0.3, -0.25) is 4.98 Å². The number of nitrogens with one attached hydrogen (secondary N) is 1. The van der Waals surface area contributed by atoms with Gasteiger partial charge in [-0.2, -0.15) is 0 Å². The molecule has 110 valence electrons. The summed E-state index contributed by atoms with van der Waals surface area (Å²) in [4.78, 5) is 4.93. The molecule has 0 bridgehead atoms. The molecule has 1 aromatic heterocycles. The SMILES string of the molecule is Cc1cccc(CNC2CCS(=O)(=O)c3ccccc32)n1. The number of benzene rings is 1. The molecule has 21 heavy (non-hydrogen) atoms. The van der Waals surface area contributed by atoms with Gasteiger partial charge in [0.05, 0.1) is 16.3 Å². The third-order valence-corrected chi connectivity index (χ3v) is 5.60. The van der Waals surface area contributed by atoms with E-state index in [1.807, 2.05) is 37.3 Å². The van der Waals surface area contributed by atoms with Crippen LogP contribution in [0.4, 0.5) is 0 Å². The third kappa shape index (κ3) is 2.99. The molecule has 1 atom stereocenters. The van der Waals surface area contributed by atoms with Crippen LogP contribution < -0.4 is 5.32 Å². The molecule has 0 spiro atoms. The van der Waals surface area contributed by atoms with Gasteiger partial charge >= 0.3 is 0 Å². The standard InChI is InChI=1S/C16H18N2O2S/c1-12-5-4-6-13(18-12)11-17-15-9-10-21(19,20)16-8-3-2-7-14(15)16/h2-8,15,17H,9-11H2,1H3. The third-order valence-electron chi connectivity index (χ3n) is 3.78. The first kappa shape index (κ1) is 14.2. The molecule has 0 saturated heterocycles. The second-order valence-corrected chi connectivity index (χ2v) is 7.43. The van der Waals surface area contributed by atoms with Crippen molar-refractivity contribution in [2.24, 2.45) is 0 Å². The Morgan fingerprint density at radius 1 is 1.19 bits per heavy atom. The maximum Gasteiger partial charge on any atom is 0.178 e. The van der Waals surface area contributed by atoms with Crippen molar-refractivity contribution >= 4 is 9.84 Å². The quantitative estimate of drug-likeness (QED) is 0.946. The Labute approximate surface area is 125 Å². The number of sulfone groups is 1. The molecule has 1 aliphatic rings. The number of rotatable bonds is 3. The lowest BCUT2D eigenvalue weighted by Crippen LogP contribution is -2.29. The van der Waals surface area contributed by atoms with E-state index in [1.54, 1.807) is 12.1 Å². The lowest BCUT2D eigenvalue weighted by atomic mass is 10.0. The lowest BCUT2D eigenvalue weighted by Gasteiger charge is -2.26. The molecular formula is C16H18N2O2S. The summed E-state index contributed by atoms with van der Waals surface area (Å²) in [6.07, 6.45) is 0.602. The van der Waals surface area contributed by atoms with E-state index in [4.69, 9.17) is 0 Å². The van der Waals surface area contributed by atoms with Gasteiger partial charge in [0.15, 0.2) is 9.84 Å². The highest BCUT2D eigenvalue weighted by atomic mass is 32.2. The number of pyridine rings is 1. The van der Waals surface area contributed by atoms with Crippen molar-refractivity contribution in [3.63, 3.8) is 0 Å². The van der Waals surface area contributed by atoms with Crippen LogP contribution in [0.25, 0.3) is 0 Å². The molecular weight excluding hydrogens is 284 g/mol. The van der Waals surface area contributed by atoms with Crippen LogP contribution >= 0.6 is 0 Å². The number of nitrogens with zero attached hydrogens (tertiary/aromatic N) is 1. The van der Waals surface area contributed by atoms with E-state index in [0.29, 0.717) is 17.9 Å². The van der Waals surface area contributed by atoms with E-state index >= 15 is 0 Å². The van der Waals surface area contributed by atoms with Crippen molar-refractivity contribution in [2.45, 2.75) is 30.8 Å². The Balaban J connectivity index is 1.81. The van der Waals surface area contributed by atoms with Gasteiger partial charge in [0.1, 0.15) is 0 Å². The van der Waals surface area contributed by atoms with Gasteiger partial charge in [-0.05, 0) is 37.1 Å². The van der Waals surface area contributed by atoms with Gasteiger partial charge in [0.25, 0.3) is 0 Å². The molecule has 2 aromatic rings. The topological polar surface area (TPSA) is 59.1 Å². The largest absolute Gasteiger partial charge is 0.304 e. The summed E-state index contributed by atoms with van der Waals surface area (Å²) in [7, 11) is -3.12. The molecule has 1 aromatic carbocycles. The van der Waals surface area contributed by atoms with Crippen LogP contribution in [0, 0.1) is 6.92 Å². The predicted molar refractivity (Wildman–Crippen MR) is 81.7 cm³/mol. The highest BCUT2D eigenvalue weighted by molar-refractivity contribution is 7.91. The lowest BCUT2D eigenvalue weighted by molar-refractivity contribution is 0.488. The van der Waals surface area contributed by atoms with Crippen molar-refractivity contribution in [1.82, 2.24) is 10.3 Å². The molecule has 0 saturated carbocycles. The van der Waals surface area contributed by atoms with Gasteiger partial charge in [0.2, 0.25) is 0 Å². The van der Waals surface area contributed by atoms with Crippen LogP contribution in [0.3, 0.4) is 0 Å². The van der Waals surface area contributed by atoms with Gasteiger partial charge in [-0.25, -0.2) is 8.42 Å². The maximum atomic E-state index is 12.1. The Morgan fingerprint density at radius 2 is 2.00 bits per heavy atom. The van der Waals surface area contributed by atoms with Gasteiger partial charge < -0.3 is 5.32 Å². The number of aromatic nitrogens is 1. The summed E-state index contributed by atoms with van der Waals surface area (Å²) in [5.41, 5.74) is 2.83. The number of hydrogen-bond donors (Lipinski definition) is 1. The predicted octanol–water partition coefficient (Wildman–Crippen LogP) is 2.40. The van der Waals surface area contributed by atoms with Crippen LogP contribution in [0.2, 0.25) is 0 Å². The Kier molecular flexibility index (Phi) is 3.78. The summed E-state index contributed by atoms with van der Waals surface area (Å²) >= 11 is 0. The molecule has 3 rings (SSSR count). The second kappa shape index (κ2) is 5.58. The zero-order valence-corrected chi connectivity index (χ0v) is 12.7. The number of aryl methyl sites for hydroxylation is 1. The van der Waals surface area contributed by atoms with E-state index in [2.05, 4.69) is 10.3 Å². The highest BCUT2D eigenvalue weighted by Crippen LogP contribution is 2.31. The first-order valence-electron chi connectivity index (χ1n) is 7.04. The van der Waals surface area contributed by atoms with E-state index < -0.39 is 9.84 Å². The van der Waals surface area contributed by atoms with E-state index in [9.17, 15) is 8.42 Å². The normalized spacial score (nSPS) is 20.0. The summed E-state index contributed by atoms with van der Waals surface area (Å²) < 4.78 is 24.2. The molecule has 0 amide bonds. The van der Waals surface area contributed by atoms with Crippen LogP contribution in [0.1, 0.15) is 29.4 Å². The smallest absolute Gasteiger partial charge is 0.178 e. The Hall–Kier alpha value is -1.72. The fraction of sp³-hybridized carbons (Fsp3) is 0.312. The molecule has 1 N–H and O–H groups in total. The average Bonchev–Trinajstić information content (AvgIpc) is 2.47. The first-order chi connectivity index (χ1) is 10.1. The second-order valence-electron chi connectivity index (χ2n) is 5.35. The molecule has 4 nitrogen and oxygen atoms in total. The minimum Gasteiger partial charge on any atom is -0.304 e. The zero-order valence-electron chi connectivity index (χ0n) is 11.9. The van der Waals surface area contributed by atoms with Gasteiger partial charge in [0, 0.05) is 18.3 Å². The summed E-state index contributed by atoms with van der Waals surface area (Å²) in [6.45, 7) is 2.60. The van der Waals surface area contributed by atoms with E-state index in [1.165, 1.54) is 0 Å². The monoisotopic (exact) mass is 302 g/mol. The molecule has 0 aliphatic carbocycles. The van der Waals surface area contributed by atoms with Gasteiger partial charge in [-0.1, -0.05) is 24.3 Å². The fourth-order valence-corrected chi connectivity index (χ4v) is 4.35. The van der Waals surface area contributed by atoms with Crippen molar-refractivity contribution in [1.29, 1.82) is 0 Å². The molecule has 0 fully saturated rings. The van der Waals surface area contributed by atoms with Crippen LogP contribution in [-0.2, 0) is 16.4 Å². The first-order valence-corrected chi connectivity index (χ1v) is 8.69. The molecule has 0 radical (unpaired) electrons. The summed E-state index contributed by atoms with van der Waals surface area (Å²) in [5, 5.41) is 3.43. The van der Waals surface area contributed by atoms with Crippen LogP contribution in [-0.4, -0.2) is 19.2 Å². The zero-order chi connectivity index (χ0) is 14.9. The maximum absolute atomic E-state index is 12.1. The van der Waals surface area contributed by atoms with E-state index in [-0.39, 0.29) is 11.8 Å². The van der Waals surface area contributed by atoms with Crippen molar-refractivity contribution in [2.75, 3.05) is 5.75 Å². The molecule has 1 unspecified atom stereocenters. The summed E-state index contributed by atoms with van der Waals surface area (Å²) in [5.74, 6) is 0.197. The number of hydrogen-bond acceptors (Lipinski definition) is 4. The fourth-order valence-electron chi connectivity index (χ4n) is 2.73. The Bertz CT molecular complexity index is 756. The van der Waals surface area contributed by atoms with E-state index in [0.717, 1.165) is 17.0 Å². The van der Waals surface area contributed by atoms with Crippen LogP contribution in [0.15, 0.2) is 47.4 Å². The minimum absolute atomic E-state index is 0.0621. The van der Waals surface area contributed by atoms with Crippen LogP contribution in [0.5, 0.6) is 0 Å². The van der Waals surface area contributed by atoms with Crippen molar-refractivity contribution < 1.29 is 8.42 Å². The molecule has 5 heteroatoms. The average molecular weight is 302 g/mol. The number of fused-ring (bicyclic) bond motifs is 1. The molecule has 1 aliphatic heterocycles. The van der Waals surface area contributed by atoms with Crippen molar-refractivity contribution in [3.8, 4) is 0 Å². The molecule has 2 heterocycles. The van der Waals surface area contributed by atoms with Gasteiger partial charge in [-0.15, -0.1) is 0 Å². The minimum atomic E-state index is -3.12. The Morgan fingerprint density at radius 3 is 2.81 bits per heavy atom.